The highest BCUT2D eigenvalue weighted by Crippen LogP contribution is 2.17. The summed E-state index contributed by atoms with van der Waals surface area (Å²) in [6.07, 6.45) is 0. The Hall–Kier alpha value is -3.16. The third-order valence-corrected chi connectivity index (χ3v) is 2.80. The number of hydrogen-bond donors (Lipinski definition) is 3. The summed E-state index contributed by atoms with van der Waals surface area (Å²) < 4.78 is 30.9. The molecule has 0 saturated heterocycles. The second-order valence-corrected chi connectivity index (χ2v) is 4.46. The summed E-state index contributed by atoms with van der Waals surface area (Å²) >= 11 is 0. The number of rotatable bonds is 2. The molecule has 0 radical (unpaired) electrons. The Labute approximate surface area is 121 Å². The molecule has 2 aromatic carbocycles. The van der Waals surface area contributed by atoms with Crippen molar-refractivity contribution in [1.82, 2.24) is 4.98 Å². The highest BCUT2D eigenvalue weighted by atomic mass is 19.1. The highest BCUT2D eigenvalue weighted by Gasteiger charge is 2.07. The van der Waals surface area contributed by atoms with Gasteiger partial charge in [0.15, 0.2) is 5.58 Å². The van der Waals surface area contributed by atoms with Gasteiger partial charge in [-0.2, -0.15) is 0 Å². The first-order valence-electron chi connectivity index (χ1n) is 6.16. The fourth-order valence-electron chi connectivity index (χ4n) is 1.94. The SMILES string of the molecule is O=C(Nc1cc(F)cc(F)c1)Nc1ccc2[nH]c(=O)oc2c1. The van der Waals surface area contributed by atoms with Crippen LogP contribution in [0.15, 0.2) is 45.6 Å². The molecule has 2 amide bonds. The number of nitrogens with one attached hydrogen (secondary N) is 3. The molecule has 3 rings (SSSR count). The number of amides is 2. The predicted octanol–water partition coefficient (Wildman–Crippen LogP) is 3.04. The number of H-pyrrole nitrogens is 1. The summed E-state index contributed by atoms with van der Waals surface area (Å²) in [5.41, 5.74) is 1.09. The molecular formula is C14H9F2N3O3. The summed E-state index contributed by atoms with van der Waals surface area (Å²) in [7, 11) is 0. The summed E-state index contributed by atoms with van der Waals surface area (Å²) in [6, 6.07) is 6.51. The van der Waals surface area contributed by atoms with E-state index in [1.54, 1.807) is 12.1 Å². The Morgan fingerprint density at radius 2 is 1.68 bits per heavy atom. The molecule has 0 aliphatic carbocycles. The maximum absolute atomic E-state index is 13.0. The predicted molar refractivity (Wildman–Crippen MR) is 75.8 cm³/mol. The van der Waals surface area contributed by atoms with Crippen LogP contribution in [0, 0.1) is 11.6 Å². The summed E-state index contributed by atoms with van der Waals surface area (Å²) in [6.45, 7) is 0. The number of aromatic amines is 1. The van der Waals surface area contributed by atoms with Crippen molar-refractivity contribution in [2.24, 2.45) is 0 Å². The molecule has 3 N–H and O–H groups in total. The van der Waals surface area contributed by atoms with Gasteiger partial charge in [-0.3, -0.25) is 4.98 Å². The van der Waals surface area contributed by atoms with Crippen LogP contribution < -0.4 is 16.4 Å². The van der Waals surface area contributed by atoms with E-state index < -0.39 is 23.4 Å². The molecular weight excluding hydrogens is 296 g/mol. The topological polar surface area (TPSA) is 87.1 Å². The van der Waals surface area contributed by atoms with Gasteiger partial charge in [0.25, 0.3) is 0 Å². The van der Waals surface area contributed by atoms with Crippen LogP contribution in [0.1, 0.15) is 0 Å². The second-order valence-electron chi connectivity index (χ2n) is 4.46. The van der Waals surface area contributed by atoms with E-state index in [2.05, 4.69) is 15.6 Å². The molecule has 0 fully saturated rings. The Balaban J connectivity index is 1.76. The molecule has 0 unspecified atom stereocenters. The van der Waals surface area contributed by atoms with Gasteiger partial charge in [0.05, 0.1) is 5.52 Å². The Bertz CT molecular complexity index is 897. The molecule has 0 aliphatic heterocycles. The van der Waals surface area contributed by atoms with Gasteiger partial charge in [0.2, 0.25) is 0 Å². The Morgan fingerprint density at radius 1 is 1.00 bits per heavy atom. The van der Waals surface area contributed by atoms with Crippen molar-refractivity contribution in [1.29, 1.82) is 0 Å². The molecule has 0 bridgehead atoms. The molecule has 0 aliphatic rings. The molecule has 0 atom stereocenters. The monoisotopic (exact) mass is 305 g/mol. The van der Waals surface area contributed by atoms with Gasteiger partial charge in [-0.05, 0) is 24.3 Å². The third-order valence-electron chi connectivity index (χ3n) is 2.80. The standard InChI is InChI=1S/C14H9F2N3O3/c15-7-3-8(16)5-10(4-7)18-13(20)17-9-1-2-11-12(6-9)22-14(21)19-11/h1-6H,(H,19,21)(H2,17,18,20). The van der Waals surface area contributed by atoms with Crippen molar-refractivity contribution in [2.75, 3.05) is 10.6 Å². The second kappa shape index (κ2) is 5.32. The van der Waals surface area contributed by atoms with E-state index in [1.807, 2.05) is 0 Å². The number of aromatic nitrogens is 1. The van der Waals surface area contributed by atoms with Gasteiger partial charge >= 0.3 is 11.8 Å². The minimum Gasteiger partial charge on any atom is -0.408 e. The first-order valence-corrected chi connectivity index (χ1v) is 6.16. The van der Waals surface area contributed by atoms with Gasteiger partial charge in [-0.25, -0.2) is 18.4 Å². The van der Waals surface area contributed by atoms with Gasteiger partial charge in [-0.1, -0.05) is 0 Å². The number of anilines is 2. The van der Waals surface area contributed by atoms with Gasteiger partial charge in [-0.15, -0.1) is 0 Å². The van der Waals surface area contributed by atoms with Crippen LogP contribution in [0.3, 0.4) is 0 Å². The number of hydrogen-bond acceptors (Lipinski definition) is 3. The molecule has 0 spiro atoms. The Morgan fingerprint density at radius 3 is 2.41 bits per heavy atom. The molecule has 112 valence electrons. The zero-order valence-corrected chi connectivity index (χ0v) is 10.9. The van der Waals surface area contributed by atoms with E-state index in [-0.39, 0.29) is 11.3 Å². The number of urea groups is 1. The Kier molecular flexibility index (Phi) is 3.34. The van der Waals surface area contributed by atoms with E-state index in [9.17, 15) is 18.4 Å². The number of benzene rings is 2. The quantitative estimate of drug-likeness (QED) is 0.680. The van der Waals surface area contributed by atoms with E-state index in [0.717, 1.165) is 12.1 Å². The summed E-state index contributed by atoms with van der Waals surface area (Å²) in [5.74, 6) is -2.21. The number of carbonyl (C=O) groups excluding carboxylic acids is 1. The van der Waals surface area contributed by atoms with Crippen molar-refractivity contribution < 1.29 is 18.0 Å². The van der Waals surface area contributed by atoms with Crippen molar-refractivity contribution >= 4 is 28.5 Å². The molecule has 6 nitrogen and oxygen atoms in total. The lowest BCUT2D eigenvalue weighted by molar-refractivity contribution is 0.262. The van der Waals surface area contributed by atoms with Crippen molar-refractivity contribution in [2.45, 2.75) is 0 Å². The third kappa shape index (κ3) is 2.95. The molecule has 1 heterocycles. The normalized spacial score (nSPS) is 10.6. The van der Waals surface area contributed by atoms with Crippen LogP contribution >= 0.6 is 0 Å². The minimum absolute atomic E-state index is 0.0238. The maximum Gasteiger partial charge on any atom is 0.417 e. The largest absolute Gasteiger partial charge is 0.417 e. The summed E-state index contributed by atoms with van der Waals surface area (Å²) in [4.78, 5) is 25.3. The number of carbonyl (C=O) groups is 1. The fourth-order valence-corrected chi connectivity index (χ4v) is 1.94. The molecule has 0 saturated carbocycles. The lowest BCUT2D eigenvalue weighted by atomic mass is 10.3. The van der Waals surface area contributed by atoms with E-state index in [0.29, 0.717) is 17.3 Å². The first kappa shape index (κ1) is 13.8. The van der Waals surface area contributed by atoms with Crippen molar-refractivity contribution in [3.63, 3.8) is 0 Å². The van der Waals surface area contributed by atoms with Crippen LogP contribution in [-0.2, 0) is 0 Å². The average molecular weight is 305 g/mol. The molecule has 8 heteroatoms. The lowest BCUT2D eigenvalue weighted by Gasteiger charge is -2.07. The molecule has 1 aromatic heterocycles. The van der Waals surface area contributed by atoms with Gasteiger partial charge < -0.3 is 15.1 Å². The minimum atomic E-state index is -0.800. The molecule has 22 heavy (non-hydrogen) atoms. The van der Waals surface area contributed by atoms with Crippen LogP contribution in [0.2, 0.25) is 0 Å². The summed E-state index contributed by atoms with van der Waals surface area (Å²) in [5, 5.41) is 4.75. The highest BCUT2D eigenvalue weighted by molar-refractivity contribution is 6.00. The van der Waals surface area contributed by atoms with E-state index >= 15 is 0 Å². The zero-order valence-electron chi connectivity index (χ0n) is 10.9. The maximum atomic E-state index is 13.0. The van der Waals surface area contributed by atoms with Crippen LogP contribution in [0.25, 0.3) is 11.1 Å². The first-order chi connectivity index (χ1) is 10.5. The van der Waals surface area contributed by atoms with Crippen molar-refractivity contribution in [3.05, 3.63) is 58.6 Å². The zero-order chi connectivity index (χ0) is 15.7. The van der Waals surface area contributed by atoms with Crippen LogP contribution in [0.4, 0.5) is 25.0 Å². The van der Waals surface area contributed by atoms with Crippen LogP contribution in [-0.4, -0.2) is 11.0 Å². The van der Waals surface area contributed by atoms with Crippen molar-refractivity contribution in [3.8, 4) is 0 Å². The smallest absolute Gasteiger partial charge is 0.408 e. The number of fused-ring (bicyclic) bond motifs is 1. The van der Waals surface area contributed by atoms with Gasteiger partial charge in [0.1, 0.15) is 11.6 Å². The number of oxazole rings is 1. The molecule has 3 aromatic rings. The average Bonchev–Trinajstić information content (AvgIpc) is 2.76. The fraction of sp³-hybridized carbons (Fsp3) is 0. The van der Waals surface area contributed by atoms with E-state index in [1.165, 1.54) is 6.07 Å². The number of halogens is 2. The van der Waals surface area contributed by atoms with E-state index in [4.69, 9.17) is 4.42 Å². The lowest BCUT2D eigenvalue weighted by Crippen LogP contribution is -2.19. The van der Waals surface area contributed by atoms with Crippen LogP contribution in [0.5, 0.6) is 0 Å². The van der Waals surface area contributed by atoms with Gasteiger partial charge in [0, 0.05) is 23.5 Å².